The SMILES string of the molecule is CC(C)C[C@H](NC(=O)c1ccc(C(C)(C)C)cc1)C(=O)N[C@@H]1C(=O)CO[C@@H]1C. The lowest BCUT2D eigenvalue weighted by Crippen LogP contribution is -2.53. The van der Waals surface area contributed by atoms with Crippen molar-refractivity contribution in [2.75, 3.05) is 6.61 Å². The van der Waals surface area contributed by atoms with Crippen molar-refractivity contribution in [1.82, 2.24) is 10.6 Å². The molecule has 0 bridgehead atoms. The fourth-order valence-electron chi connectivity index (χ4n) is 3.18. The standard InChI is InChI=1S/C22H32N2O4/c1-13(2)11-17(21(27)24-19-14(3)28-12-18(19)25)23-20(26)15-7-9-16(10-8-15)22(4,5)6/h7-10,13-14,17,19H,11-12H2,1-6H3,(H,23,26)(H,24,27)/t14-,17+,19+/m1/s1. The monoisotopic (exact) mass is 388 g/mol. The van der Waals surface area contributed by atoms with Gasteiger partial charge < -0.3 is 15.4 Å². The van der Waals surface area contributed by atoms with Crippen LogP contribution >= 0.6 is 0 Å². The van der Waals surface area contributed by atoms with Gasteiger partial charge in [-0.1, -0.05) is 46.8 Å². The first-order chi connectivity index (χ1) is 13.0. The van der Waals surface area contributed by atoms with E-state index in [1.807, 2.05) is 26.0 Å². The number of ether oxygens (including phenoxy) is 1. The molecule has 1 aromatic rings. The molecule has 1 aliphatic rings. The molecular formula is C22H32N2O4. The molecule has 0 radical (unpaired) electrons. The number of hydrogen-bond acceptors (Lipinski definition) is 4. The van der Waals surface area contributed by atoms with Gasteiger partial charge in [-0.2, -0.15) is 0 Å². The Morgan fingerprint density at radius 1 is 1.18 bits per heavy atom. The molecule has 3 atom stereocenters. The zero-order chi connectivity index (χ0) is 21.1. The molecule has 6 nitrogen and oxygen atoms in total. The number of benzene rings is 1. The molecule has 1 fully saturated rings. The summed E-state index contributed by atoms with van der Waals surface area (Å²) in [6.45, 7) is 12.1. The second-order valence-corrected chi connectivity index (χ2v) is 8.95. The smallest absolute Gasteiger partial charge is 0.251 e. The second kappa shape index (κ2) is 8.86. The topological polar surface area (TPSA) is 84.5 Å². The lowest BCUT2D eigenvalue weighted by Gasteiger charge is -2.23. The van der Waals surface area contributed by atoms with Crippen LogP contribution in [0.4, 0.5) is 0 Å². The number of hydrogen-bond donors (Lipinski definition) is 2. The highest BCUT2D eigenvalue weighted by Gasteiger charge is 2.35. The van der Waals surface area contributed by atoms with Crippen molar-refractivity contribution < 1.29 is 19.1 Å². The van der Waals surface area contributed by atoms with E-state index in [4.69, 9.17) is 4.74 Å². The lowest BCUT2D eigenvalue weighted by molar-refractivity contribution is -0.127. The van der Waals surface area contributed by atoms with Gasteiger partial charge in [-0.15, -0.1) is 0 Å². The fourth-order valence-corrected chi connectivity index (χ4v) is 3.18. The summed E-state index contributed by atoms with van der Waals surface area (Å²) in [4.78, 5) is 37.3. The molecule has 28 heavy (non-hydrogen) atoms. The Bertz CT molecular complexity index is 719. The van der Waals surface area contributed by atoms with Crippen LogP contribution in [0.25, 0.3) is 0 Å². The van der Waals surface area contributed by atoms with Crippen molar-refractivity contribution >= 4 is 17.6 Å². The Morgan fingerprint density at radius 3 is 2.25 bits per heavy atom. The Morgan fingerprint density at radius 2 is 1.79 bits per heavy atom. The molecule has 0 unspecified atom stereocenters. The molecule has 2 N–H and O–H groups in total. The van der Waals surface area contributed by atoms with Gasteiger partial charge in [0.15, 0.2) is 5.78 Å². The maximum atomic E-state index is 12.7. The number of carbonyl (C=O) groups is 3. The summed E-state index contributed by atoms with van der Waals surface area (Å²) in [5.41, 5.74) is 1.64. The summed E-state index contributed by atoms with van der Waals surface area (Å²) >= 11 is 0. The van der Waals surface area contributed by atoms with Gasteiger partial charge in [-0.3, -0.25) is 14.4 Å². The minimum atomic E-state index is -0.713. The van der Waals surface area contributed by atoms with Crippen LogP contribution in [-0.4, -0.2) is 42.4 Å². The van der Waals surface area contributed by atoms with Gasteiger partial charge in [0.2, 0.25) is 5.91 Å². The predicted molar refractivity (Wildman–Crippen MR) is 108 cm³/mol. The van der Waals surface area contributed by atoms with E-state index in [0.717, 1.165) is 5.56 Å². The molecule has 1 saturated heterocycles. The molecule has 0 saturated carbocycles. The van der Waals surface area contributed by atoms with Gasteiger partial charge in [-0.05, 0) is 42.4 Å². The molecule has 2 amide bonds. The van der Waals surface area contributed by atoms with E-state index >= 15 is 0 Å². The van der Waals surface area contributed by atoms with E-state index in [9.17, 15) is 14.4 Å². The van der Waals surface area contributed by atoms with E-state index in [-0.39, 0.29) is 41.6 Å². The van der Waals surface area contributed by atoms with E-state index in [1.165, 1.54) is 0 Å². The van der Waals surface area contributed by atoms with Crippen molar-refractivity contribution in [2.45, 2.75) is 71.6 Å². The quantitative estimate of drug-likeness (QED) is 0.785. The van der Waals surface area contributed by atoms with Crippen molar-refractivity contribution in [2.24, 2.45) is 5.92 Å². The van der Waals surface area contributed by atoms with Gasteiger partial charge in [0, 0.05) is 5.56 Å². The minimum Gasteiger partial charge on any atom is -0.368 e. The molecule has 0 spiro atoms. The molecule has 1 heterocycles. The summed E-state index contributed by atoms with van der Waals surface area (Å²) in [7, 11) is 0. The van der Waals surface area contributed by atoms with E-state index < -0.39 is 12.1 Å². The Kier molecular flexibility index (Phi) is 6.99. The molecule has 6 heteroatoms. The molecule has 1 aromatic carbocycles. The zero-order valence-corrected chi connectivity index (χ0v) is 17.7. The number of rotatable bonds is 6. The van der Waals surface area contributed by atoms with Crippen LogP contribution in [0.3, 0.4) is 0 Å². The largest absolute Gasteiger partial charge is 0.368 e. The molecule has 1 aliphatic heterocycles. The van der Waals surface area contributed by atoms with Crippen LogP contribution in [0.15, 0.2) is 24.3 Å². The van der Waals surface area contributed by atoms with Crippen LogP contribution in [0, 0.1) is 5.92 Å². The van der Waals surface area contributed by atoms with Crippen LogP contribution in [0.2, 0.25) is 0 Å². The maximum Gasteiger partial charge on any atom is 0.251 e. The van der Waals surface area contributed by atoms with Gasteiger partial charge in [0.1, 0.15) is 18.7 Å². The highest BCUT2D eigenvalue weighted by molar-refractivity contribution is 5.99. The molecular weight excluding hydrogens is 356 g/mol. The van der Waals surface area contributed by atoms with Gasteiger partial charge in [0.05, 0.1) is 6.10 Å². The summed E-state index contributed by atoms with van der Waals surface area (Å²) in [6, 6.07) is 6.04. The van der Waals surface area contributed by atoms with Crippen molar-refractivity contribution in [3.63, 3.8) is 0 Å². The normalized spacial score (nSPS) is 20.9. The van der Waals surface area contributed by atoms with Gasteiger partial charge in [-0.25, -0.2) is 0 Å². The van der Waals surface area contributed by atoms with E-state index in [1.54, 1.807) is 19.1 Å². The Balaban J connectivity index is 2.09. The average molecular weight is 389 g/mol. The lowest BCUT2D eigenvalue weighted by atomic mass is 9.86. The van der Waals surface area contributed by atoms with E-state index in [0.29, 0.717) is 12.0 Å². The van der Waals surface area contributed by atoms with E-state index in [2.05, 4.69) is 31.4 Å². The van der Waals surface area contributed by atoms with Crippen LogP contribution in [0.5, 0.6) is 0 Å². The first-order valence-electron chi connectivity index (χ1n) is 9.85. The van der Waals surface area contributed by atoms with Crippen molar-refractivity contribution in [3.05, 3.63) is 35.4 Å². The van der Waals surface area contributed by atoms with Gasteiger partial charge >= 0.3 is 0 Å². The third kappa shape index (κ3) is 5.64. The first kappa shape index (κ1) is 22.1. The summed E-state index contributed by atoms with van der Waals surface area (Å²) in [6.07, 6.45) is 0.116. The Hall–Kier alpha value is -2.21. The first-order valence-corrected chi connectivity index (χ1v) is 9.85. The molecule has 154 valence electrons. The average Bonchev–Trinajstić information content (AvgIpc) is 2.92. The molecule has 0 aliphatic carbocycles. The zero-order valence-electron chi connectivity index (χ0n) is 17.7. The minimum absolute atomic E-state index is 0.00164. The van der Waals surface area contributed by atoms with Gasteiger partial charge in [0.25, 0.3) is 5.91 Å². The van der Waals surface area contributed by atoms with Crippen molar-refractivity contribution in [3.8, 4) is 0 Å². The van der Waals surface area contributed by atoms with Crippen LogP contribution in [0.1, 0.15) is 63.9 Å². The molecule has 0 aromatic heterocycles. The second-order valence-electron chi connectivity index (χ2n) is 8.95. The summed E-state index contributed by atoms with van der Waals surface area (Å²) in [5.74, 6) is -0.604. The highest BCUT2D eigenvalue weighted by Crippen LogP contribution is 2.22. The molecule has 2 rings (SSSR count). The number of carbonyl (C=O) groups excluding carboxylic acids is 3. The summed E-state index contributed by atoms with van der Waals surface area (Å²) in [5, 5.41) is 5.56. The van der Waals surface area contributed by atoms with Crippen molar-refractivity contribution in [1.29, 1.82) is 0 Å². The predicted octanol–water partition coefficient (Wildman–Crippen LogP) is 2.60. The van der Waals surface area contributed by atoms with Crippen LogP contribution in [-0.2, 0) is 19.7 Å². The number of amides is 2. The maximum absolute atomic E-state index is 12.7. The third-order valence-corrected chi connectivity index (χ3v) is 4.94. The van der Waals surface area contributed by atoms with Crippen LogP contribution < -0.4 is 10.6 Å². The summed E-state index contributed by atoms with van der Waals surface area (Å²) < 4.78 is 5.28. The Labute approximate surface area is 167 Å². The number of Topliss-reactive ketones (excluding diaryl/α,β-unsaturated/α-hetero) is 1. The highest BCUT2D eigenvalue weighted by atomic mass is 16.5. The fraction of sp³-hybridized carbons (Fsp3) is 0.591. The number of nitrogens with one attached hydrogen (secondary N) is 2. The third-order valence-electron chi connectivity index (χ3n) is 4.94. The number of ketones is 1.